The molecule has 0 atom stereocenters. The molecule has 0 radical (unpaired) electrons. The maximum atomic E-state index is 12.5. The highest BCUT2D eigenvalue weighted by molar-refractivity contribution is 7.92. The second kappa shape index (κ2) is 6.20. The SMILES string of the molecule is Cc1ccc(C)c(S(=O)(=O)Nc2ccc(NC(C)(C)C)cn2)c1. The Morgan fingerprint density at radius 3 is 2.30 bits per heavy atom. The second-order valence-electron chi connectivity index (χ2n) is 6.68. The number of pyridine rings is 1. The standard InChI is InChI=1S/C17H23N3O2S/c1-12-6-7-13(2)15(10-12)23(21,22)20-16-9-8-14(11-18-16)19-17(3,4)5/h6-11,19H,1-5H3,(H,18,20). The zero-order valence-electron chi connectivity index (χ0n) is 14.1. The number of anilines is 2. The molecular formula is C17H23N3O2S. The molecule has 6 heteroatoms. The third-order valence-corrected chi connectivity index (χ3v) is 4.65. The molecule has 2 N–H and O–H groups in total. The quantitative estimate of drug-likeness (QED) is 0.895. The Morgan fingerprint density at radius 1 is 1.04 bits per heavy atom. The van der Waals surface area contributed by atoms with Gasteiger partial charge >= 0.3 is 0 Å². The predicted molar refractivity (Wildman–Crippen MR) is 94.3 cm³/mol. The van der Waals surface area contributed by atoms with Crippen molar-refractivity contribution in [2.75, 3.05) is 10.0 Å². The van der Waals surface area contributed by atoms with E-state index < -0.39 is 10.0 Å². The van der Waals surface area contributed by atoms with Gasteiger partial charge in [0.2, 0.25) is 0 Å². The molecule has 0 saturated heterocycles. The average molecular weight is 333 g/mol. The summed E-state index contributed by atoms with van der Waals surface area (Å²) in [6.07, 6.45) is 1.62. The summed E-state index contributed by atoms with van der Waals surface area (Å²) in [6, 6.07) is 8.80. The number of rotatable bonds is 4. The van der Waals surface area contributed by atoms with Crippen LogP contribution >= 0.6 is 0 Å². The normalized spacial score (nSPS) is 12.0. The molecule has 5 nitrogen and oxygen atoms in total. The Labute approximate surface area is 138 Å². The molecule has 0 aliphatic heterocycles. The van der Waals surface area contributed by atoms with Gasteiger partial charge < -0.3 is 5.32 Å². The van der Waals surface area contributed by atoms with Crippen molar-refractivity contribution in [3.8, 4) is 0 Å². The largest absolute Gasteiger partial charge is 0.379 e. The summed E-state index contributed by atoms with van der Waals surface area (Å²) in [5, 5.41) is 3.28. The predicted octanol–water partition coefficient (Wildman–Crippen LogP) is 3.71. The minimum absolute atomic E-state index is 0.0820. The molecule has 0 aliphatic carbocycles. The number of sulfonamides is 1. The van der Waals surface area contributed by atoms with Crippen LogP contribution in [-0.2, 0) is 10.0 Å². The molecule has 2 rings (SSSR count). The van der Waals surface area contributed by atoms with Crippen molar-refractivity contribution in [3.05, 3.63) is 47.7 Å². The van der Waals surface area contributed by atoms with Crippen molar-refractivity contribution in [2.24, 2.45) is 0 Å². The highest BCUT2D eigenvalue weighted by atomic mass is 32.2. The van der Waals surface area contributed by atoms with Crippen LogP contribution in [-0.4, -0.2) is 18.9 Å². The third kappa shape index (κ3) is 4.69. The lowest BCUT2D eigenvalue weighted by molar-refractivity contribution is 0.600. The van der Waals surface area contributed by atoms with Crippen LogP contribution in [0.1, 0.15) is 31.9 Å². The fourth-order valence-electron chi connectivity index (χ4n) is 2.15. The Morgan fingerprint density at radius 2 is 1.74 bits per heavy atom. The maximum absolute atomic E-state index is 12.5. The summed E-state index contributed by atoms with van der Waals surface area (Å²) in [5.74, 6) is 0.297. The van der Waals surface area contributed by atoms with E-state index in [4.69, 9.17) is 0 Å². The highest BCUT2D eigenvalue weighted by Crippen LogP contribution is 2.21. The monoisotopic (exact) mass is 333 g/mol. The summed E-state index contributed by atoms with van der Waals surface area (Å²) >= 11 is 0. The molecule has 0 aliphatic rings. The van der Waals surface area contributed by atoms with Crippen LogP contribution in [0.5, 0.6) is 0 Å². The van der Waals surface area contributed by atoms with E-state index in [2.05, 4.69) is 15.0 Å². The van der Waals surface area contributed by atoms with Crippen molar-refractivity contribution in [1.29, 1.82) is 0 Å². The van der Waals surface area contributed by atoms with Crippen molar-refractivity contribution < 1.29 is 8.42 Å². The second-order valence-corrected chi connectivity index (χ2v) is 8.33. The molecule has 0 unspecified atom stereocenters. The van der Waals surface area contributed by atoms with Crippen LogP contribution in [0.4, 0.5) is 11.5 Å². The number of aryl methyl sites for hydroxylation is 2. The van der Waals surface area contributed by atoms with Gasteiger partial charge in [-0.05, 0) is 63.9 Å². The van der Waals surface area contributed by atoms with Gasteiger partial charge in [-0.1, -0.05) is 12.1 Å². The number of aromatic nitrogens is 1. The Balaban J connectivity index is 2.22. The van der Waals surface area contributed by atoms with Crippen LogP contribution in [0.15, 0.2) is 41.4 Å². The van der Waals surface area contributed by atoms with E-state index in [1.165, 1.54) is 0 Å². The summed E-state index contributed by atoms with van der Waals surface area (Å²) in [6.45, 7) is 9.78. The van der Waals surface area contributed by atoms with E-state index in [0.717, 1.165) is 11.3 Å². The third-order valence-electron chi connectivity index (χ3n) is 3.15. The number of nitrogens with zero attached hydrogens (tertiary/aromatic N) is 1. The molecule has 1 aromatic carbocycles. The zero-order valence-corrected chi connectivity index (χ0v) is 15.0. The van der Waals surface area contributed by atoms with Gasteiger partial charge in [0.25, 0.3) is 10.0 Å². The van der Waals surface area contributed by atoms with Crippen LogP contribution in [0, 0.1) is 13.8 Å². The van der Waals surface area contributed by atoms with Gasteiger partial charge in [-0.2, -0.15) is 0 Å². The number of benzene rings is 1. The van der Waals surface area contributed by atoms with Crippen molar-refractivity contribution in [3.63, 3.8) is 0 Å². The lowest BCUT2D eigenvalue weighted by Gasteiger charge is -2.21. The van der Waals surface area contributed by atoms with Gasteiger partial charge in [-0.3, -0.25) is 4.72 Å². The lowest BCUT2D eigenvalue weighted by atomic mass is 10.1. The van der Waals surface area contributed by atoms with Crippen LogP contribution < -0.4 is 10.0 Å². The molecule has 1 aromatic heterocycles. The fourth-order valence-corrected chi connectivity index (χ4v) is 3.49. The lowest BCUT2D eigenvalue weighted by Crippen LogP contribution is -2.26. The first-order valence-electron chi connectivity index (χ1n) is 7.41. The van der Waals surface area contributed by atoms with Gasteiger partial charge in [0.1, 0.15) is 5.82 Å². The molecule has 23 heavy (non-hydrogen) atoms. The van der Waals surface area contributed by atoms with Gasteiger partial charge in [0.15, 0.2) is 0 Å². The molecule has 124 valence electrons. The zero-order chi connectivity index (χ0) is 17.3. The van der Waals surface area contributed by atoms with Gasteiger partial charge in [0.05, 0.1) is 16.8 Å². The van der Waals surface area contributed by atoms with Crippen LogP contribution in [0.2, 0.25) is 0 Å². The Hall–Kier alpha value is -2.08. The van der Waals surface area contributed by atoms with Crippen molar-refractivity contribution in [2.45, 2.75) is 45.1 Å². The molecule has 2 aromatic rings. The van der Waals surface area contributed by atoms with Crippen LogP contribution in [0.3, 0.4) is 0 Å². The summed E-state index contributed by atoms with van der Waals surface area (Å²) in [7, 11) is -3.65. The Bertz CT molecular complexity index is 792. The highest BCUT2D eigenvalue weighted by Gasteiger charge is 2.18. The summed E-state index contributed by atoms with van der Waals surface area (Å²) in [5.41, 5.74) is 2.36. The summed E-state index contributed by atoms with van der Waals surface area (Å²) in [4.78, 5) is 4.45. The number of hydrogen-bond donors (Lipinski definition) is 2. The summed E-state index contributed by atoms with van der Waals surface area (Å²) < 4.78 is 27.6. The van der Waals surface area contributed by atoms with E-state index in [1.54, 1.807) is 37.4 Å². The van der Waals surface area contributed by atoms with Gasteiger partial charge in [0, 0.05) is 5.54 Å². The van der Waals surface area contributed by atoms with Crippen LogP contribution in [0.25, 0.3) is 0 Å². The molecule has 0 bridgehead atoms. The van der Waals surface area contributed by atoms with Crippen molar-refractivity contribution in [1.82, 2.24) is 4.98 Å². The first-order chi connectivity index (χ1) is 10.6. The molecule has 0 saturated carbocycles. The minimum atomic E-state index is -3.65. The van der Waals surface area contributed by atoms with Gasteiger partial charge in [-0.25, -0.2) is 13.4 Å². The van der Waals surface area contributed by atoms with E-state index >= 15 is 0 Å². The van der Waals surface area contributed by atoms with Gasteiger partial charge in [-0.15, -0.1) is 0 Å². The fraction of sp³-hybridized carbons (Fsp3) is 0.353. The smallest absolute Gasteiger partial charge is 0.263 e. The minimum Gasteiger partial charge on any atom is -0.379 e. The van der Waals surface area contributed by atoms with E-state index in [1.807, 2.05) is 33.8 Å². The average Bonchev–Trinajstić information content (AvgIpc) is 2.42. The number of hydrogen-bond acceptors (Lipinski definition) is 4. The van der Waals surface area contributed by atoms with Crippen molar-refractivity contribution >= 4 is 21.5 Å². The topological polar surface area (TPSA) is 71.1 Å². The first kappa shape index (κ1) is 17.3. The molecule has 0 amide bonds. The molecule has 0 spiro atoms. The first-order valence-corrected chi connectivity index (χ1v) is 8.89. The number of nitrogens with one attached hydrogen (secondary N) is 2. The maximum Gasteiger partial charge on any atom is 0.263 e. The molecule has 1 heterocycles. The Kier molecular flexibility index (Phi) is 4.66. The van der Waals surface area contributed by atoms with E-state index in [0.29, 0.717) is 11.4 Å². The van der Waals surface area contributed by atoms with E-state index in [9.17, 15) is 8.42 Å². The molecular weight excluding hydrogens is 310 g/mol. The van der Waals surface area contributed by atoms with E-state index in [-0.39, 0.29) is 10.4 Å². The molecule has 0 fully saturated rings.